The van der Waals surface area contributed by atoms with Crippen molar-refractivity contribution in [1.82, 2.24) is 14.7 Å². The molecule has 0 bridgehead atoms. The SMILES string of the molecule is Cc1nn(-c2ccccc2)c(C)c1CN(C)[C@H](C)C(=O)Nc1ccc(C#N)cc1. The number of para-hydroxylation sites is 1. The number of nitrogens with zero attached hydrogens (tertiary/aromatic N) is 4. The van der Waals surface area contributed by atoms with Crippen molar-refractivity contribution in [2.45, 2.75) is 33.4 Å². The van der Waals surface area contributed by atoms with Crippen molar-refractivity contribution in [3.63, 3.8) is 0 Å². The molecule has 0 aliphatic rings. The molecule has 2 aromatic carbocycles. The van der Waals surface area contributed by atoms with Crippen molar-refractivity contribution >= 4 is 11.6 Å². The minimum Gasteiger partial charge on any atom is -0.325 e. The fourth-order valence-electron chi connectivity index (χ4n) is 3.19. The van der Waals surface area contributed by atoms with Gasteiger partial charge in [0.25, 0.3) is 0 Å². The first-order valence-corrected chi connectivity index (χ1v) is 9.52. The van der Waals surface area contributed by atoms with Gasteiger partial charge in [0.05, 0.1) is 29.1 Å². The Labute approximate surface area is 171 Å². The number of anilines is 1. The van der Waals surface area contributed by atoms with E-state index >= 15 is 0 Å². The molecule has 0 aliphatic heterocycles. The number of aromatic nitrogens is 2. The average molecular weight is 387 g/mol. The molecular weight excluding hydrogens is 362 g/mol. The summed E-state index contributed by atoms with van der Waals surface area (Å²) in [6.07, 6.45) is 0. The summed E-state index contributed by atoms with van der Waals surface area (Å²) in [7, 11) is 1.93. The first kappa shape index (κ1) is 20.3. The normalized spacial score (nSPS) is 11.9. The molecule has 148 valence electrons. The van der Waals surface area contributed by atoms with Crippen LogP contribution < -0.4 is 5.32 Å². The quantitative estimate of drug-likeness (QED) is 0.698. The summed E-state index contributed by atoms with van der Waals surface area (Å²) in [5.74, 6) is -0.0945. The van der Waals surface area contributed by atoms with Gasteiger partial charge < -0.3 is 5.32 Å². The van der Waals surface area contributed by atoms with E-state index in [4.69, 9.17) is 5.26 Å². The lowest BCUT2D eigenvalue weighted by Crippen LogP contribution is -2.39. The third-order valence-electron chi connectivity index (χ3n) is 5.17. The molecule has 3 aromatic rings. The fraction of sp³-hybridized carbons (Fsp3) is 0.261. The largest absolute Gasteiger partial charge is 0.325 e. The van der Waals surface area contributed by atoms with Gasteiger partial charge in [0.1, 0.15) is 0 Å². The van der Waals surface area contributed by atoms with E-state index in [9.17, 15) is 4.79 Å². The van der Waals surface area contributed by atoms with Crippen molar-refractivity contribution in [2.24, 2.45) is 0 Å². The molecule has 0 aliphatic carbocycles. The fourth-order valence-corrected chi connectivity index (χ4v) is 3.19. The van der Waals surface area contributed by atoms with E-state index in [2.05, 4.69) is 23.4 Å². The summed E-state index contributed by atoms with van der Waals surface area (Å²) in [5.41, 5.74) is 5.41. The Morgan fingerprint density at radius 1 is 1.17 bits per heavy atom. The number of hydrogen-bond donors (Lipinski definition) is 1. The molecule has 6 nitrogen and oxygen atoms in total. The van der Waals surface area contributed by atoms with E-state index in [0.29, 0.717) is 17.8 Å². The predicted octanol–water partition coefficient (Wildman–Crippen LogP) is 3.82. The minimum atomic E-state index is -0.329. The van der Waals surface area contributed by atoms with Gasteiger partial charge in [0, 0.05) is 23.5 Å². The Morgan fingerprint density at radius 3 is 2.45 bits per heavy atom. The van der Waals surface area contributed by atoms with Gasteiger partial charge in [-0.25, -0.2) is 4.68 Å². The monoisotopic (exact) mass is 387 g/mol. The molecular formula is C23H25N5O. The summed E-state index contributed by atoms with van der Waals surface area (Å²) < 4.78 is 1.94. The van der Waals surface area contributed by atoms with Crippen LogP contribution in [-0.4, -0.2) is 33.7 Å². The number of carbonyl (C=O) groups excluding carboxylic acids is 1. The van der Waals surface area contributed by atoms with Crippen molar-refractivity contribution in [3.8, 4) is 11.8 Å². The maximum absolute atomic E-state index is 12.7. The molecule has 1 N–H and O–H groups in total. The molecule has 1 aromatic heterocycles. The summed E-state index contributed by atoms with van der Waals surface area (Å²) in [4.78, 5) is 14.7. The van der Waals surface area contributed by atoms with Crippen LogP contribution in [0.15, 0.2) is 54.6 Å². The Kier molecular flexibility index (Phi) is 6.10. The van der Waals surface area contributed by atoms with Crippen LogP contribution in [0.2, 0.25) is 0 Å². The second kappa shape index (κ2) is 8.72. The highest BCUT2D eigenvalue weighted by molar-refractivity contribution is 5.94. The van der Waals surface area contributed by atoms with E-state index in [1.807, 2.05) is 60.8 Å². The van der Waals surface area contributed by atoms with Gasteiger partial charge in [0.15, 0.2) is 0 Å². The van der Waals surface area contributed by atoms with Crippen LogP contribution in [0.1, 0.15) is 29.4 Å². The average Bonchev–Trinajstić information content (AvgIpc) is 3.02. The number of amides is 1. The topological polar surface area (TPSA) is 74.0 Å². The molecule has 3 rings (SSSR count). The smallest absolute Gasteiger partial charge is 0.241 e. The van der Waals surface area contributed by atoms with Gasteiger partial charge in [-0.1, -0.05) is 18.2 Å². The lowest BCUT2D eigenvalue weighted by Gasteiger charge is -2.24. The Balaban J connectivity index is 1.70. The van der Waals surface area contributed by atoms with E-state index < -0.39 is 0 Å². The molecule has 0 saturated heterocycles. The zero-order valence-electron chi connectivity index (χ0n) is 17.2. The van der Waals surface area contributed by atoms with Gasteiger partial charge in [-0.05, 0) is 64.2 Å². The van der Waals surface area contributed by atoms with Crippen LogP contribution in [0.25, 0.3) is 5.69 Å². The molecule has 0 fully saturated rings. The minimum absolute atomic E-state index is 0.0945. The highest BCUT2D eigenvalue weighted by Crippen LogP contribution is 2.20. The zero-order chi connectivity index (χ0) is 21.0. The number of nitriles is 1. The number of nitrogens with one attached hydrogen (secondary N) is 1. The van der Waals surface area contributed by atoms with Gasteiger partial charge in [-0.2, -0.15) is 10.4 Å². The van der Waals surface area contributed by atoms with E-state index in [1.165, 1.54) is 0 Å². The molecule has 29 heavy (non-hydrogen) atoms. The summed E-state index contributed by atoms with van der Waals surface area (Å²) >= 11 is 0. The maximum Gasteiger partial charge on any atom is 0.241 e. The van der Waals surface area contributed by atoms with Gasteiger partial charge >= 0.3 is 0 Å². The van der Waals surface area contributed by atoms with Crippen LogP contribution in [-0.2, 0) is 11.3 Å². The van der Waals surface area contributed by atoms with Crippen molar-refractivity contribution in [3.05, 3.63) is 77.1 Å². The number of carbonyl (C=O) groups is 1. The van der Waals surface area contributed by atoms with E-state index in [-0.39, 0.29) is 11.9 Å². The maximum atomic E-state index is 12.7. The molecule has 0 saturated carbocycles. The molecule has 0 radical (unpaired) electrons. The van der Waals surface area contributed by atoms with E-state index in [0.717, 1.165) is 22.6 Å². The first-order valence-electron chi connectivity index (χ1n) is 9.52. The number of aryl methyl sites for hydroxylation is 1. The summed E-state index contributed by atoms with van der Waals surface area (Å²) in [6, 6.07) is 18.6. The lowest BCUT2D eigenvalue weighted by molar-refractivity contribution is -0.120. The van der Waals surface area contributed by atoms with Crippen LogP contribution >= 0.6 is 0 Å². The molecule has 1 atom stereocenters. The standard InChI is InChI=1S/C23H25N5O/c1-16-22(17(2)28(26-16)21-8-6-5-7-9-21)15-27(4)18(3)23(29)25-20-12-10-19(14-24)11-13-20/h5-13,18H,15H2,1-4H3,(H,25,29)/t18-/m1/s1. The van der Waals surface area contributed by atoms with Crippen LogP contribution in [0.5, 0.6) is 0 Å². The number of benzene rings is 2. The molecule has 1 heterocycles. The molecule has 6 heteroatoms. The van der Waals surface area contributed by atoms with Crippen LogP contribution in [0.4, 0.5) is 5.69 Å². The highest BCUT2D eigenvalue weighted by Gasteiger charge is 2.21. The van der Waals surface area contributed by atoms with Gasteiger partial charge in [0.2, 0.25) is 5.91 Å². The summed E-state index contributed by atoms with van der Waals surface area (Å²) in [5, 5.41) is 16.5. The summed E-state index contributed by atoms with van der Waals surface area (Å²) in [6.45, 7) is 6.55. The third kappa shape index (κ3) is 4.53. The highest BCUT2D eigenvalue weighted by atomic mass is 16.2. The van der Waals surface area contributed by atoms with Crippen LogP contribution in [0, 0.1) is 25.2 Å². The van der Waals surface area contributed by atoms with Crippen LogP contribution in [0.3, 0.4) is 0 Å². The zero-order valence-corrected chi connectivity index (χ0v) is 17.2. The molecule has 1 amide bonds. The van der Waals surface area contributed by atoms with Crippen molar-refractivity contribution < 1.29 is 4.79 Å². The Morgan fingerprint density at radius 2 is 1.83 bits per heavy atom. The first-order chi connectivity index (χ1) is 13.9. The van der Waals surface area contributed by atoms with Gasteiger partial charge in [-0.15, -0.1) is 0 Å². The Hall–Kier alpha value is -3.43. The second-order valence-electron chi connectivity index (χ2n) is 7.17. The number of rotatable bonds is 6. The lowest BCUT2D eigenvalue weighted by atomic mass is 10.1. The van der Waals surface area contributed by atoms with Gasteiger partial charge in [-0.3, -0.25) is 9.69 Å². The third-order valence-corrected chi connectivity index (χ3v) is 5.17. The Bertz CT molecular complexity index is 1030. The molecule has 0 unspecified atom stereocenters. The predicted molar refractivity (Wildman–Crippen MR) is 114 cm³/mol. The van der Waals surface area contributed by atoms with Crippen molar-refractivity contribution in [1.29, 1.82) is 5.26 Å². The number of likely N-dealkylation sites (N-methyl/N-ethyl adjacent to an activating group) is 1. The van der Waals surface area contributed by atoms with E-state index in [1.54, 1.807) is 24.3 Å². The number of hydrogen-bond acceptors (Lipinski definition) is 4. The molecule has 0 spiro atoms. The second-order valence-corrected chi connectivity index (χ2v) is 7.17. The van der Waals surface area contributed by atoms with Crippen molar-refractivity contribution in [2.75, 3.05) is 12.4 Å².